The average molecular weight is 220 g/mol. The zero-order valence-electron chi connectivity index (χ0n) is 7.69. The number of hydrogen-bond donors (Lipinski definition) is 2. The van der Waals surface area contributed by atoms with E-state index in [0.29, 0.717) is 21.7 Å². The Morgan fingerprint density at radius 2 is 1.93 bits per heavy atom. The molecule has 0 radical (unpaired) electrons. The summed E-state index contributed by atoms with van der Waals surface area (Å²) in [5.74, 6) is 0. The van der Waals surface area contributed by atoms with E-state index >= 15 is 0 Å². The molecule has 1 heterocycles. The number of anilines is 2. The SMILES string of the molecule is Nc1ccc2c3c(cccc13)NS2(=O)=O. The van der Waals surface area contributed by atoms with Crippen LogP contribution in [0.4, 0.5) is 11.4 Å². The summed E-state index contributed by atoms with van der Waals surface area (Å²) < 4.78 is 25.9. The maximum atomic E-state index is 11.7. The van der Waals surface area contributed by atoms with Crippen molar-refractivity contribution >= 4 is 32.2 Å². The molecule has 1 aliphatic rings. The molecule has 2 aromatic rings. The molecular weight excluding hydrogens is 212 g/mol. The molecule has 1 aliphatic heterocycles. The fourth-order valence-electron chi connectivity index (χ4n) is 1.91. The number of rotatable bonds is 0. The molecule has 0 bridgehead atoms. The van der Waals surface area contributed by atoms with Gasteiger partial charge in [0.1, 0.15) is 0 Å². The van der Waals surface area contributed by atoms with Crippen LogP contribution >= 0.6 is 0 Å². The van der Waals surface area contributed by atoms with E-state index in [0.717, 1.165) is 5.39 Å². The molecule has 0 saturated heterocycles. The highest BCUT2D eigenvalue weighted by atomic mass is 32.2. The van der Waals surface area contributed by atoms with Gasteiger partial charge in [-0.05, 0) is 18.2 Å². The smallest absolute Gasteiger partial charge is 0.262 e. The largest absolute Gasteiger partial charge is 0.398 e. The molecule has 0 aliphatic carbocycles. The van der Waals surface area contributed by atoms with E-state index in [2.05, 4.69) is 4.72 Å². The molecule has 3 rings (SSSR count). The van der Waals surface area contributed by atoms with Crippen LogP contribution in [0.2, 0.25) is 0 Å². The molecule has 5 heteroatoms. The Labute approximate surface area is 86.8 Å². The highest BCUT2D eigenvalue weighted by Crippen LogP contribution is 2.39. The maximum Gasteiger partial charge on any atom is 0.262 e. The van der Waals surface area contributed by atoms with Gasteiger partial charge in [0.2, 0.25) is 0 Å². The van der Waals surface area contributed by atoms with Crippen molar-refractivity contribution in [2.24, 2.45) is 0 Å². The minimum absolute atomic E-state index is 0.308. The van der Waals surface area contributed by atoms with Crippen LogP contribution in [0.5, 0.6) is 0 Å². The van der Waals surface area contributed by atoms with Crippen LogP contribution in [0.3, 0.4) is 0 Å². The summed E-state index contributed by atoms with van der Waals surface area (Å²) in [5.41, 5.74) is 6.99. The summed E-state index contributed by atoms with van der Waals surface area (Å²) in [5, 5.41) is 1.47. The van der Waals surface area contributed by atoms with Crippen molar-refractivity contribution in [2.45, 2.75) is 4.90 Å². The van der Waals surface area contributed by atoms with Crippen molar-refractivity contribution in [1.29, 1.82) is 0 Å². The van der Waals surface area contributed by atoms with Crippen LogP contribution in [-0.4, -0.2) is 8.42 Å². The van der Waals surface area contributed by atoms with Gasteiger partial charge >= 0.3 is 0 Å². The fraction of sp³-hybridized carbons (Fsp3) is 0. The Bertz CT molecular complexity index is 677. The van der Waals surface area contributed by atoms with Gasteiger partial charge in [-0.1, -0.05) is 12.1 Å². The van der Waals surface area contributed by atoms with E-state index in [4.69, 9.17) is 5.73 Å². The number of nitrogen functional groups attached to an aromatic ring is 1. The lowest BCUT2D eigenvalue weighted by atomic mass is 10.1. The quantitative estimate of drug-likeness (QED) is 0.661. The Hall–Kier alpha value is -1.75. The lowest BCUT2D eigenvalue weighted by molar-refractivity contribution is 0.603. The molecule has 0 aromatic heterocycles. The first-order valence-electron chi connectivity index (χ1n) is 4.43. The number of benzene rings is 2. The van der Waals surface area contributed by atoms with Crippen LogP contribution in [0, 0.1) is 0 Å². The summed E-state index contributed by atoms with van der Waals surface area (Å²) in [6.07, 6.45) is 0. The van der Waals surface area contributed by atoms with E-state index in [1.807, 2.05) is 6.07 Å². The third kappa shape index (κ3) is 0.979. The minimum Gasteiger partial charge on any atom is -0.398 e. The zero-order chi connectivity index (χ0) is 10.6. The van der Waals surface area contributed by atoms with E-state index in [1.165, 1.54) is 6.07 Å². The summed E-state index contributed by atoms with van der Waals surface area (Å²) >= 11 is 0. The number of nitrogens with two attached hydrogens (primary N) is 1. The first-order valence-corrected chi connectivity index (χ1v) is 5.92. The topological polar surface area (TPSA) is 72.2 Å². The van der Waals surface area contributed by atoms with Crippen molar-refractivity contribution in [3.8, 4) is 0 Å². The Balaban J connectivity index is 2.63. The molecule has 0 amide bonds. The second kappa shape index (κ2) is 2.43. The van der Waals surface area contributed by atoms with E-state index in [-0.39, 0.29) is 0 Å². The highest BCUT2D eigenvalue weighted by Gasteiger charge is 2.27. The normalized spacial score (nSPS) is 16.5. The minimum atomic E-state index is -3.38. The molecule has 3 N–H and O–H groups in total. The number of hydrogen-bond acceptors (Lipinski definition) is 3. The predicted molar refractivity (Wildman–Crippen MR) is 59.2 cm³/mol. The summed E-state index contributed by atoms with van der Waals surface area (Å²) in [6.45, 7) is 0. The van der Waals surface area contributed by atoms with Crippen molar-refractivity contribution in [2.75, 3.05) is 10.5 Å². The van der Waals surface area contributed by atoms with Crippen molar-refractivity contribution in [1.82, 2.24) is 0 Å². The van der Waals surface area contributed by atoms with Crippen LogP contribution in [0.1, 0.15) is 0 Å². The van der Waals surface area contributed by atoms with Gasteiger partial charge in [0.15, 0.2) is 0 Å². The fourth-order valence-corrected chi connectivity index (χ4v) is 3.21. The van der Waals surface area contributed by atoms with Crippen LogP contribution in [0.25, 0.3) is 10.8 Å². The summed E-state index contributed by atoms with van der Waals surface area (Å²) in [4.78, 5) is 0.308. The Morgan fingerprint density at radius 3 is 2.73 bits per heavy atom. The zero-order valence-corrected chi connectivity index (χ0v) is 8.51. The van der Waals surface area contributed by atoms with Gasteiger partial charge in [0.05, 0.1) is 10.6 Å². The third-order valence-electron chi connectivity index (χ3n) is 2.57. The monoisotopic (exact) mass is 220 g/mol. The second-order valence-corrected chi connectivity index (χ2v) is 5.14. The summed E-state index contributed by atoms with van der Waals surface area (Å²) in [7, 11) is -3.38. The van der Waals surface area contributed by atoms with E-state index in [1.54, 1.807) is 18.2 Å². The lowest BCUT2D eigenvalue weighted by Gasteiger charge is -2.01. The maximum absolute atomic E-state index is 11.7. The second-order valence-electron chi connectivity index (χ2n) is 3.49. The van der Waals surface area contributed by atoms with Crippen molar-refractivity contribution in [3.63, 3.8) is 0 Å². The van der Waals surface area contributed by atoms with Gasteiger partial charge in [0, 0.05) is 16.5 Å². The Kier molecular flexibility index (Phi) is 1.39. The van der Waals surface area contributed by atoms with Crippen molar-refractivity contribution in [3.05, 3.63) is 30.3 Å². The first-order chi connectivity index (χ1) is 7.09. The standard InChI is InChI=1S/C10H8N2O2S/c11-7-4-5-9-10-6(7)2-1-3-8(10)12-15(9,13)14/h1-5,12H,11H2. The molecule has 0 spiro atoms. The van der Waals surface area contributed by atoms with Crippen LogP contribution in [0.15, 0.2) is 35.2 Å². The predicted octanol–water partition coefficient (Wildman–Crippen LogP) is 1.54. The molecule has 15 heavy (non-hydrogen) atoms. The first kappa shape index (κ1) is 8.55. The van der Waals surface area contributed by atoms with Crippen LogP contribution < -0.4 is 10.5 Å². The number of nitrogens with one attached hydrogen (secondary N) is 1. The lowest BCUT2D eigenvalue weighted by Crippen LogP contribution is -2.05. The van der Waals surface area contributed by atoms with Gasteiger partial charge < -0.3 is 5.73 Å². The van der Waals surface area contributed by atoms with Gasteiger partial charge in [-0.3, -0.25) is 4.72 Å². The third-order valence-corrected chi connectivity index (χ3v) is 3.98. The number of sulfonamides is 1. The molecule has 0 atom stereocenters. The molecule has 4 nitrogen and oxygen atoms in total. The molecule has 2 aromatic carbocycles. The van der Waals surface area contributed by atoms with Gasteiger partial charge in [-0.2, -0.15) is 0 Å². The molecule has 0 unspecified atom stereocenters. The molecule has 0 saturated carbocycles. The molecular formula is C10H8N2O2S. The molecule has 76 valence electrons. The van der Waals surface area contributed by atoms with Crippen molar-refractivity contribution < 1.29 is 8.42 Å². The van der Waals surface area contributed by atoms with E-state index in [9.17, 15) is 8.42 Å². The van der Waals surface area contributed by atoms with Gasteiger partial charge in [0.25, 0.3) is 10.0 Å². The Morgan fingerprint density at radius 1 is 1.13 bits per heavy atom. The highest BCUT2D eigenvalue weighted by molar-refractivity contribution is 7.93. The van der Waals surface area contributed by atoms with Crippen LogP contribution in [-0.2, 0) is 10.0 Å². The average Bonchev–Trinajstić information content (AvgIpc) is 2.44. The van der Waals surface area contributed by atoms with Gasteiger partial charge in [-0.25, -0.2) is 8.42 Å². The summed E-state index contributed by atoms with van der Waals surface area (Å²) in [6, 6.07) is 8.49. The van der Waals surface area contributed by atoms with E-state index < -0.39 is 10.0 Å². The van der Waals surface area contributed by atoms with Gasteiger partial charge in [-0.15, -0.1) is 0 Å². The molecule has 0 fully saturated rings.